The van der Waals surface area contributed by atoms with Crippen LogP contribution in [0.5, 0.6) is 0 Å². The first-order valence-electron chi connectivity index (χ1n) is 11.6. The lowest BCUT2D eigenvalue weighted by molar-refractivity contribution is -0.135. The number of thioether (sulfide) groups is 1. The number of carbonyl (C=O) groups is 2. The van der Waals surface area contributed by atoms with Crippen molar-refractivity contribution in [3.63, 3.8) is 0 Å². The van der Waals surface area contributed by atoms with Crippen LogP contribution in [-0.2, 0) is 35.0 Å². The van der Waals surface area contributed by atoms with Gasteiger partial charge in [-0.2, -0.15) is 5.10 Å². The van der Waals surface area contributed by atoms with Gasteiger partial charge in [-0.25, -0.2) is 22.9 Å². The van der Waals surface area contributed by atoms with Crippen LogP contribution in [0, 0.1) is 5.92 Å². The highest BCUT2D eigenvalue weighted by Crippen LogP contribution is 2.46. The molecule has 13 heteroatoms. The summed E-state index contributed by atoms with van der Waals surface area (Å²) in [7, 11) is -2.05. The van der Waals surface area contributed by atoms with E-state index in [-0.39, 0.29) is 17.3 Å². The molecule has 0 spiro atoms. The Bertz CT molecular complexity index is 1520. The van der Waals surface area contributed by atoms with Crippen molar-refractivity contribution in [1.29, 1.82) is 0 Å². The molecule has 0 bridgehead atoms. The summed E-state index contributed by atoms with van der Waals surface area (Å²) in [5.74, 6) is -1.20. The SMILES string of the molecule is Cn1cc(CN2C(=O)C3C=C(S(=O)(=O)NC4(C)CC4)SC3N(Cc3cnc4[nH]ccc4c3)C2=O)cn1. The fourth-order valence-corrected chi connectivity index (χ4v) is 7.88. The number of hydrogen-bond donors (Lipinski definition) is 2. The summed E-state index contributed by atoms with van der Waals surface area (Å²) in [5.41, 5.74) is 1.78. The van der Waals surface area contributed by atoms with Gasteiger partial charge in [0.1, 0.15) is 15.3 Å². The van der Waals surface area contributed by atoms with Gasteiger partial charge in [0.15, 0.2) is 0 Å². The molecule has 5 heterocycles. The second kappa shape index (κ2) is 8.18. The van der Waals surface area contributed by atoms with Crippen LogP contribution >= 0.6 is 11.8 Å². The van der Waals surface area contributed by atoms with Crippen LogP contribution < -0.4 is 4.72 Å². The minimum atomic E-state index is -3.81. The maximum absolute atomic E-state index is 13.7. The van der Waals surface area contributed by atoms with Crippen LogP contribution in [0.25, 0.3) is 11.0 Å². The third-order valence-electron chi connectivity index (χ3n) is 6.75. The van der Waals surface area contributed by atoms with E-state index in [9.17, 15) is 18.0 Å². The molecule has 1 aliphatic carbocycles. The standard InChI is InChI=1S/C23H25N7O4S2/c1-23(4-5-23)27-36(33,34)18-8-17-20(31)29(13-15-10-26-28(2)11-15)22(32)30(21(17)35-18)12-14-7-16-3-6-24-19(16)25-9-14/h3,6-11,17,21,27H,4-5,12-13H2,1-2H3,(H,24,25). The van der Waals surface area contributed by atoms with Crippen LogP contribution in [0.1, 0.15) is 30.9 Å². The van der Waals surface area contributed by atoms with Crippen molar-refractivity contribution in [1.82, 2.24) is 34.3 Å². The molecule has 3 amide bonds. The summed E-state index contributed by atoms with van der Waals surface area (Å²) in [6, 6.07) is 3.36. The zero-order chi connectivity index (χ0) is 25.2. The summed E-state index contributed by atoms with van der Waals surface area (Å²) < 4.78 is 30.7. The normalized spacial score (nSPS) is 23.3. The molecule has 11 nitrogen and oxygen atoms in total. The molecule has 36 heavy (non-hydrogen) atoms. The first kappa shape index (κ1) is 23.3. The van der Waals surface area contributed by atoms with E-state index in [1.807, 2.05) is 19.1 Å². The second-order valence-corrected chi connectivity index (χ2v) is 12.9. The zero-order valence-corrected chi connectivity index (χ0v) is 21.3. The molecule has 2 N–H and O–H groups in total. The molecular weight excluding hydrogens is 502 g/mol. The summed E-state index contributed by atoms with van der Waals surface area (Å²) in [4.78, 5) is 37.4. The van der Waals surface area contributed by atoms with Crippen LogP contribution in [0.15, 0.2) is 47.2 Å². The Morgan fingerprint density at radius 3 is 2.75 bits per heavy atom. The highest BCUT2D eigenvalue weighted by Gasteiger charge is 2.52. The summed E-state index contributed by atoms with van der Waals surface area (Å²) in [6.07, 6.45) is 9.87. The lowest BCUT2D eigenvalue weighted by atomic mass is 10.0. The molecule has 0 aromatic carbocycles. The predicted molar refractivity (Wildman–Crippen MR) is 133 cm³/mol. The van der Waals surface area contributed by atoms with Gasteiger partial charge in [-0.1, -0.05) is 11.8 Å². The van der Waals surface area contributed by atoms with E-state index in [0.717, 1.165) is 41.2 Å². The van der Waals surface area contributed by atoms with E-state index in [0.29, 0.717) is 5.56 Å². The van der Waals surface area contributed by atoms with Gasteiger partial charge in [-0.15, -0.1) is 0 Å². The minimum absolute atomic E-state index is 0.0528. The van der Waals surface area contributed by atoms with Crippen molar-refractivity contribution in [3.05, 3.63) is 58.4 Å². The van der Waals surface area contributed by atoms with Gasteiger partial charge in [0.2, 0.25) is 15.9 Å². The molecule has 6 rings (SSSR count). The van der Waals surface area contributed by atoms with Crippen LogP contribution in [0.3, 0.4) is 0 Å². The number of amides is 3. The van der Waals surface area contributed by atoms with Crippen LogP contribution in [0.2, 0.25) is 0 Å². The Balaban J connectivity index is 1.34. The number of nitrogens with zero attached hydrogens (tertiary/aromatic N) is 5. The van der Waals surface area contributed by atoms with Crippen molar-refractivity contribution in [3.8, 4) is 0 Å². The Hall–Kier alpha value is -3.16. The molecule has 2 atom stereocenters. The summed E-state index contributed by atoms with van der Waals surface area (Å²) in [5, 5.41) is 4.36. The average molecular weight is 528 g/mol. The molecular formula is C23H25N7O4S2. The number of sulfonamides is 1. The summed E-state index contributed by atoms with van der Waals surface area (Å²) >= 11 is 1.05. The highest BCUT2D eigenvalue weighted by molar-refractivity contribution is 8.18. The number of nitrogens with one attached hydrogen (secondary N) is 2. The Morgan fingerprint density at radius 2 is 2.03 bits per heavy atom. The first-order valence-corrected chi connectivity index (χ1v) is 13.9. The van der Waals surface area contributed by atoms with Gasteiger partial charge < -0.3 is 9.88 Å². The van der Waals surface area contributed by atoms with Crippen LogP contribution in [-0.4, -0.2) is 60.8 Å². The van der Waals surface area contributed by atoms with Gasteiger partial charge in [0, 0.05) is 42.1 Å². The van der Waals surface area contributed by atoms with Gasteiger partial charge in [-0.3, -0.25) is 14.4 Å². The lowest BCUT2D eigenvalue weighted by Crippen LogP contribution is -2.58. The average Bonchev–Trinajstić information content (AvgIpc) is 3.25. The van der Waals surface area contributed by atoms with E-state index < -0.39 is 38.8 Å². The van der Waals surface area contributed by atoms with Gasteiger partial charge >= 0.3 is 6.03 Å². The number of imide groups is 1. The third-order valence-corrected chi connectivity index (χ3v) is 10.3. The molecule has 0 radical (unpaired) electrons. The maximum Gasteiger partial charge on any atom is 0.328 e. The molecule has 2 aliphatic heterocycles. The van der Waals surface area contributed by atoms with E-state index in [1.165, 1.54) is 11.0 Å². The van der Waals surface area contributed by atoms with Gasteiger partial charge in [-0.05, 0) is 43.5 Å². The molecule has 1 saturated heterocycles. The van der Waals surface area contributed by atoms with E-state index in [4.69, 9.17) is 0 Å². The van der Waals surface area contributed by atoms with Crippen LogP contribution in [0.4, 0.5) is 4.79 Å². The molecule has 3 aromatic rings. The fraction of sp³-hybridized carbons (Fsp3) is 0.391. The number of aromatic amines is 1. The summed E-state index contributed by atoms with van der Waals surface area (Å²) in [6.45, 7) is 2.10. The minimum Gasteiger partial charge on any atom is -0.346 e. The fourth-order valence-electron chi connectivity index (χ4n) is 4.57. The predicted octanol–water partition coefficient (Wildman–Crippen LogP) is 2.26. The largest absolute Gasteiger partial charge is 0.346 e. The number of H-pyrrole nitrogens is 1. The van der Waals surface area contributed by atoms with E-state index >= 15 is 0 Å². The van der Waals surface area contributed by atoms with Gasteiger partial charge in [0.05, 0.1) is 25.2 Å². The molecule has 188 valence electrons. The van der Waals surface area contributed by atoms with Crippen molar-refractivity contribution in [2.24, 2.45) is 13.0 Å². The van der Waals surface area contributed by atoms with Crippen molar-refractivity contribution in [2.45, 2.75) is 43.8 Å². The first-order chi connectivity index (χ1) is 17.1. The quantitative estimate of drug-likeness (QED) is 0.481. The number of fused-ring (bicyclic) bond motifs is 2. The molecule has 2 unspecified atom stereocenters. The number of rotatable bonds is 7. The topological polar surface area (TPSA) is 133 Å². The van der Waals surface area contributed by atoms with Gasteiger partial charge in [0.25, 0.3) is 0 Å². The molecule has 3 aliphatic rings. The lowest BCUT2D eigenvalue weighted by Gasteiger charge is -2.41. The smallest absolute Gasteiger partial charge is 0.328 e. The Morgan fingerprint density at radius 1 is 1.22 bits per heavy atom. The number of urea groups is 1. The molecule has 3 aromatic heterocycles. The zero-order valence-electron chi connectivity index (χ0n) is 19.7. The molecule has 2 fully saturated rings. The van der Waals surface area contributed by atoms with Crippen molar-refractivity contribution in [2.75, 3.05) is 0 Å². The van der Waals surface area contributed by atoms with Crippen molar-refractivity contribution < 1.29 is 18.0 Å². The van der Waals surface area contributed by atoms with E-state index in [2.05, 4.69) is 19.8 Å². The Kier molecular flexibility index (Phi) is 5.28. The number of pyridine rings is 1. The Labute approximate surface area is 212 Å². The van der Waals surface area contributed by atoms with Crippen molar-refractivity contribution >= 4 is 44.8 Å². The maximum atomic E-state index is 13.7. The monoisotopic (exact) mass is 527 g/mol. The number of aryl methyl sites for hydroxylation is 1. The number of hydrogen-bond acceptors (Lipinski definition) is 7. The third kappa shape index (κ3) is 4.10. The highest BCUT2D eigenvalue weighted by atomic mass is 32.3. The second-order valence-electron chi connectivity index (χ2n) is 9.80. The molecule has 1 saturated carbocycles. The number of carbonyl (C=O) groups excluding carboxylic acids is 2. The van der Waals surface area contributed by atoms with E-state index in [1.54, 1.807) is 41.4 Å². The number of aromatic nitrogens is 4.